The number of fused-ring (bicyclic) bond motifs is 3. The quantitative estimate of drug-likeness (QED) is 0.662. The van der Waals surface area contributed by atoms with Crippen LogP contribution in [-0.4, -0.2) is 8.80 Å². The van der Waals surface area contributed by atoms with Gasteiger partial charge in [0, 0.05) is 5.92 Å². The lowest BCUT2D eigenvalue weighted by Gasteiger charge is -2.18. The largest absolute Gasteiger partial charge is 0.0771 e. The molecule has 2 aromatic carbocycles. The summed E-state index contributed by atoms with van der Waals surface area (Å²) in [5.74, 6) is 0.387. The van der Waals surface area contributed by atoms with Crippen molar-refractivity contribution in [2.24, 2.45) is 0 Å². The zero-order valence-corrected chi connectivity index (χ0v) is 14.6. The van der Waals surface area contributed by atoms with Crippen LogP contribution in [0.1, 0.15) is 30.4 Å². The van der Waals surface area contributed by atoms with Gasteiger partial charge in [-0.25, -0.2) is 0 Å². The van der Waals surface area contributed by atoms with Gasteiger partial charge in [-0.3, -0.25) is 0 Å². The highest BCUT2D eigenvalue weighted by Gasteiger charge is 2.33. The molecule has 0 atom stereocenters. The minimum Gasteiger partial charge on any atom is -0.0771 e. The number of hydrogen-bond acceptors (Lipinski definition) is 0. The van der Waals surface area contributed by atoms with Crippen molar-refractivity contribution in [2.75, 3.05) is 0 Å². The van der Waals surface area contributed by atoms with E-state index in [1.54, 1.807) is 5.20 Å². The van der Waals surface area contributed by atoms with Crippen LogP contribution in [0.4, 0.5) is 0 Å². The third kappa shape index (κ3) is 1.89. The van der Waals surface area contributed by atoms with Crippen molar-refractivity contribution in [2.45, 2.75) is 32.4 Å². The molecule has 0 unspecified atom stereocenters. The molecule has 2 aliphatic carbocycles. The maximum absolute atomic E-state index is 3.74. The molecule has 0 nitrogen and oxygen atoms in total. The first-order valence-corrected chi connectivity index (χ1v) is 11.1. The molecule has 109 valence electrons. The van der Waals surface area contributed by atoms with E-state index < -0.39 is 8.80 Å². The minimum absolute atomic E-state index is 0.387. The first-order valence-electron chi connectivity index (χ1n) is 8.17. The molecule has 0 fully saturated rings. The molecule has 0 saturated carbocycles. The van der Waals surface area contributed by atoms with Crippen LogP contribution in [0.2, 0.25) is 13.1 Å². The van der Waals surface area contributed by atoms with Crippen molar-refractivity contribution < 1.29 is 0 Å². The molecule has 4 rings (SSSR count). The van der Waals surface area contributed by atoms with Gasteiger partial charge in [-0.05, 0) is 47.2 Å². The Morgan fingerprint density at radius 2 is 1.45 bits per heavy atom. The van der Waals surface area contributed by atoms with Crippen molar-refractivity contribution in [3.05, 3.63) is 82.1 Å². The number of rotatable bonds is 2. The van der Waals surface area contributed by atoms with Crippen molar-refractivity contribution in [1.82, 2.24) is 0 Å². The Morgan fingerprint density at radius 1 is 0.909 bits per heavy atom. The zero-order chi connectivity index (χ0) is 15.3. The fourth-order valence-corrected chi connectivity index (χ4v) is 5.58. The highest BCUT2D eigenvalue weighted by atomic mass is 28.3. The van der Waals surface area contributed by atoms with Crippen LogP contribution < -0.4 is 0 Å². The van der Waals surface area contributed by atoms with Crippen LogP contribution in [0.25, 0.3) is 11.1 Å². The SMILES string of the molecule is CC1=C([SiH](C)C)C[C]=C1C1c2ccccc2-c2ccccc21. The van der Waals surface area contributed by atoms with Gasteiger partial charge in [-0.2, -0.15) is 0 Å². The average Bonchev–Trinajstić information content (AvgIpc) is 3.05. The van der Waals surface area contributed by atoms with Crippen LogP contribution in [0.3, 0.4) is 0 Å². The third-order valence-corrected chi connectivity index (χ3v) is 7.21. The number of benzene rings is 2. The Hall–Kier alpha value is -1.86. The van der Waals surface area contributed by atoms with E-state index in [1.807, 2.05) is 0 Å². The van der Waals surface area contributed by atoms with Gasteiger partial charge >= 0.3 is 0 Å². The molecular weight excluding hydrogens is 280 g/mol. The van der Waals surface area contributed by atoms with Gasteiger partial charge < -0.3 is 0 Å². The fraction of sp³-hybridized carbons (Fsp3) is 0.238. The lowest BCUT2D eigenvalue weighted by atomic mass is 9.87. The van der Waals surface area contributed by atoms with E-state index in [0.717, 1.165) is 6.42 Å². The van der Waals surface area contributed by atoms with Crippen molar-refractivity contribution in [3.63, 3.8) is 0 Å². The van der Waals surface area contributed by atoms with E-state index in [9.17, 15) is 0 Å². The Morgan fingerprint density at radius 3 is 1.95 bits per heavy atom. The van der Waals surface area contributed by atoms with Crippen LogP contribution >= 0.6 is 0 Å². The Labute approximate surface area is 134 Å². The van der Waals surface area contributed by atoms with E-state index in [0.29, 0.717) is 5.92 Å². The van der Waals surface area contributed by atoms with Crippen LogP contribution in [0, 0.1) is 6.08 Å². The lowest BCUT2D eigenvalue weighted by molar-refractivity contribution is 0.987. The van der Waals surface area contributed by atoms with Gasteiger partial charge in [-0.15, -0.1) is 0 Å². The second-order valence-electron chi connectivity index (χ2n) is 6.68. The Bertz CT molecular complexity index is 763. The monoisotopic (exact) mass is 301 g/mol. The van der Waals surface area contributed by atoms with Gasteiger partial charge in [0.1, 0.15) is 0 Å². The number of hydrogen-bond donors (Lipinski definition) is 0. The first-order chi connectivity index (χ1) is 10.7. The second-order valence-corrected chi connectivity index (χ2v) is 9.69. The number of allylic oxidation sites excluding steroid dienone is 4. The van der Waals surface area contributed by atoms with Gasteiger partial charge in [0.2, 0.25) is 0 Å². The summed E-state index contributed by atoms with van der Waals surface area (Å²) in [7, 11) is -0.738. The molecule has 22 heavy (non-hydrogen) atoms. The highest BCUT2D eigenvalue weighted by molar-refractivity contribution is 6.64. The topological polar surface area (TPSA) is 0 Å². The van der Waals surface area contributed by atoms with Crippen LogP contribution in [0.5, 0.6) is 0 Å². The molecule has 0 heterocycles. The molecule has 2 aliphatic rings. The molecule has 0 aliphatic heterocycles. The van der Waals surface area contributed by atoms with E-state index >= 15 is 0 Å². The summed E-state index contributed by atoms with van der Waals surface area (Å²) in [6.45, 7) is 7.18. The van der Waals surface area contributed by atoms with Gasteiger partial charge in [0.05, 0.1) is 8.80 Å². The highest BCUT2D eigenvalue weighted by Crippen LogP contribution is 2.51. The smallest absolute Gasteiger partial charge is 0.0603 e. The van der Waals surface area contributed by atoms with Crippen molar-refractivity contribution in [3.8, 4) is 11.1 Å². The molecule has 0 bridgehead atoms. The second kappa shape index (κ2) is 5.10. The molecule has 0 aromatic heterocycles. The molecule has 2 aromatic rings. The summed E-state index contributed by atoms with van der Waals surface area (Å²) >= 11 is 0. The zero-order valence-electron chi connectivity index (χ0n) is 13.5. The maximum atomic E-state index is 3.74. The van der Waals surface area contributed by atoms with Crippen LogP contribution in [0.15, 0.2) is 64.9 Å². The first kappa shape index (κ1) is 13.8. The molecule has 1 heteroatoms. The van der Waals surface area contributed by atoms with E-state index in [1.165, 1.54) is 33.4 Å². The molecule has 1 radical (unpaired) electrons. The summed E-state index contributed by atoms with van der Waals surface area (Å²) in [6, 6.07) is 17.8. The minimum atomic E-state index is -0.738. The predicted molar refractivity (Wildman–Crippen MR) is 96.7 cm³/mol. The van der Waals surface area contributed by atoms with E-state index in [4.69, 9.17) is 0 Å². The predicted octanol–water partition coefficient (Wildman–Crippen LogP) is 5.27. The van der Waals surface area contributed by atoms with Gasteiger partial charge in [-0.1, -0.05) is 72.4 Å². The summed E-state index contributed by atoms with van der Waals surface area (Å²) in [6.07, 6.45) is 4.80. The maximum Gasteiger partial charge on any atom is 0.0603 e. The normalized spacial score (nSPS) is 17.0. The Balaban J connectivity index is 1.90. The molecule has 0 N–H and O–H groups in total. The summed E-state index contributed by atoms with van der Waals surface area (Å²) < 4.78 is 0. The molecule has 0 saturated heterocycles. The van der Waals surface area contributed by atoms with Crippen LogP contribution in [-0.2, 0) is 0 Å². The fourth-order valence-electron chi connectivity index (χ4n) is 4.05. The van der Waals surface area contributed by atoms with Gasteiger partial charge in [0.25, 0.3) is 0 Å². The lowest BCUT2D eigenvalue weighted by Crippen LogP contribution is -2.07. The summed E-state index contributed by atoms with van der Waals surface area (Å²) in [5.41, 5.74) is 8.68. The molecule has 0 spiro atoms. The molecular formula is C21H21Si. The molecule has 0 amide bonds. The van der Waals surface area contributed by atoms with Crippen molar-refractivity contribution >= 4 is 8.80 Å². The summed E-state index contributed by atoms with van der Waals surface area (Å²) in [5, 5.41) is 1.69. The van der Waals surface area contributed by atoms with E-state index in [2.05, 4.69) is 74.6 Å². The Kier molecular flexibility index (Phi) is 3.19. The van der Waals surface area contributed by atoms with Gasteiger partial charge in [0.15, 0.2) is 0 Å². The van der Waals surface area contributed by atoms with E-state index in [-0.39, 0.29) is 0 Å². The third-order valence-electron chi connectivity index (χ3n) is 5.17. The average molecular weight is 301 g/mol. The standard InChI is InChI=1S/C21H21Si/c1-14-15(12-13-20(14)22(2)3)21-18-10-6-4-8-16(18)17-9-5-7-11-19(17)21/h4-11,21-22H,13H2,1-3H3. The van der Waals surface area contributed by atoms with Crippen molar-refractivity contribution in [1.29, 1.82) is 0 Å². The summed E-state index contributed by atoms with van der Waals surface area (Å²) in [4.78, 5) is 0.